The Morgan fingerprint density at radius 3 is 1.84 bits per heavy atom. The van der Waals surface area contributed by atoms with Crippen molar-refractivity contribution in [2.24, 2.45) is 0 Å². The Morgan fingerprint density at radius 2 is 1.37 bits per heavy atom. The molecule has 0 radical (unpaired) electrons. The lowest BCUT2D eigenvalue weighted by atomic mass is 9.89. The van der Waals surface area contributed by atoms with Crippen molar-refractivity contribution in [3.63, 3.8) is 0 Å². The third-order valence-electron chi connectivity index (χ3n) is 7.25. The number of carbonyl (C=O) groups excluding carboxylic acids is 3. The summed E-state index contributed by atoms with van der Waals surface area (Å²) >= 11 is 0. The maximum Gasteiger partial charge on any atom is 0.330 e. The van der Waals surface area contributed by atoms with Crippen LogP contribution in [-0.2, 0) is 14.3 Å². The van der Waals surface area contributed by atoms with Crippen LogP contribution < -0.4 is 0 Å². The third kappa shape index (κ3) is 7.59. The predicted molar refractivity (Wildman–Crippen MR) is 150 cm³/mol. The number of nitrogens with zero attached hydrogens (tertiary/aromatic N) is 3. The lowest BCUT2D eigenvalue weighted by molar-refractivity contribution is -0.156. The number of carbonyl (C=O) groups is 3. The number of amides is 3. The molecule has 0 saturated carbocycles. The number of urea groups is 1. The zero-order valence-electron chi connectivity index (χ0n) is 23.2. The molecule has 1 saturated heterocycles. The van der Waals surface area contributed by atoms with Crippen molar-refractivity contribution in [3.8, 4) is 0 Å². The SMILES string of the molecule is CCCCCN(CCCCC)C(=O)N1CCN(C(=O)C(c2ccccc2)c2ccccc2)C(C(=O)OC)C1. The first-order valence-corrected chi connectivity index (χ1v) is 14.0. The standard InChI is InChI=1S/C31H43N3O4/c1-4-6-14-20-32(21-15-7-5-2)31(37)33-22-23-34(27(24-33)30(36)38-3)29(35)28(25-16-10-8-11-17-25)26-18-12-9-13-19-26/h8-13,16-19,27-28H,4-7,14-15,20-24H2,1-3H3. The second kappa shape index (κ2) is 15.2. The molecule has 0 aliphatic carbocycles. The molecule has 3 rings (SSSR count). The number of rotatable bonds is 12. The van der Waals surface area contributed by atoms with Gasteiger partial charge in [-0.1, -0.05) is 100 Å². The molecule has 2 aromatic carbocycles. The van der Waals surface area contributed by atoms with Crippen LogP contribution in [-0.4, -0.2) is 78.5 Å². The summed E-state index contributed by atoms with van der Waals surface area (Å²) in [4.78, 5) is 45.9. The van der Waals surface area contributed by atoms with Gasteiger partial charge in [0, 0.05) is 26.2 Å². The van der Waals surface area contributed by atoms with Crippen molar-refractivity contribution in [3.05, 3.63) is 71.8 Å². The van der Waals surface area contributed by atoms with Crippen molar-refractivity contribution in [1.82, 2.24) is 14.7 Å². The summed E-state index contributed by atoms with van der Waals surface area (Å²) in [5.41, 5.74) is 1.73. The molecule has 1 unspecified atom stereocenters. The summed E-state index contributed by atoms with van der Waals surface area (Å²) in [6, 6.07) is 18.3. The van der Waals surface area contributed by atoms with E-state index >= 15 is 0 Å². The largest absolute Gasteiger partial charge is 0.467 e. The first kappa shape index (κ1) is 29.2. The van der Waals surface area contributed by atoms with Crippen LogP contribution in [0.5, 0.6) is 0 Å². The van der Waals surface area contributed by atoms with Crippen LogP contribution in [0.25, 0.3) is 0 Å². The van der Waals surface area contributed by atoms with Gasteiger partial charge >= 0.3 is 12.0 Å². The Morgan fingerprint density at radius 1 is 0.842 bits per heavy atom. The van der Waals surface area contributed by atoms with Crippen molar-refractivity contribution in [2.75, 3.05) is 39.8 Å². The van der Waals surface area contributed by atoms with E-state index in [-0.39, 0.29) is 25.0 Å². The van der Waals surface area contributed by atoms with Crippen LogP contribution in [0.3, 0.4) is 0 Å². The average Bonchev–Trinajstić information content (AvgIpc) is 2.96. The van der Waals surface area contributed by atoms with Crippen LogP contribution in [0.15, 0.2) is 60.7 Å². The maximum atomic E-state index is 14.1. The quantitative estimate of drug-likeness (QED) is 0.281. The Hall–Kier alpha value is -3.35. The van der Waals surface area contributed by atoms with Gasteiger partial charge in [0.15, 0.2) is 0 Å². The van der Waals surface area contributed by atoms with Gasteiger partial charge in [-0.05, 0) is 24.0 Å². The second-order valence-corrected chi connectivity index (χ2v) is 9.95. The first-order valence-electron chi connectivity index (χ1n) is 14.0. The first-order chi connectivity index (χ1) is 18.5. The highest BCUT2D eigenvalue weighted by Crippen LogP contribution is 2.29. The topological polar surface area (TPSA) is 70.2 Å². The molecular weight excluding hydrogens is 478 g/mol. The number of esters is 1. The van der Waals surface area contributed by atoms with E-state index in [1.807, 2.05) is 65.6 Å². The van der Waals surface area contributed by atoms with Gasteiger partial charge in [-0.25, -0.2) is 9.59 Å². The lowest BCUT2D eigenvalue weighted by Gasteiger charge is -2.42. The minimum Gasteiger partial charge on any atom is -0.467 e. The molecule has 3 amide bonds. The van der Waals surface area contributed by atoms with E-state index < -0.39 is 17.9 Å². The molecule has 38 heavy (non-hydrogen) atoms. The van der Waals surface area contributed by atoms with Crippen LogP contribution >= 0.6 is 0 Å². The Labute approximate surface area is 227 Å². The number of hydrogen-bond acceptors (Lipinski definition) is 4. The van der Waals surface area contributed by atoms with Gasteiger partial charge in [-0.15, -0.1) is 0 Å². The lowest BCUT2D eigenvalue weighted by Crippen LogP contribution is -2.62. The normalized spacial score (nSPS) is 15.4. The fourth-order valence-corrected chi connectivity index (χ4v) is 5.10. The number of ether oxygens (including phenoxy) is 1. The minimum absolute atomic E-state index is 0.0547. The molecule has 2 aromatic rings. The fraction of sp³-hybridized carbons (Fsp3) is 0.516. The van der Waals surface area contributed by atoms with E-state index in [1.165, 1.54) is 7.11 Å². The molecule has 7 heteroatoms. The van der Waals surface area contributed by atoms with Gasteiger partial charge < -0.3 is 19.4 Å². The molecule has 1 atom stereocenters. The average molecular weight is 522 g/mol. The highest BCUT2D eigenvalue weighted by atomic mass is 16.5. The maximum absolute atomic E-state index is 14.1. The summed E-state index contributed by atoms with van der Waals surface area (Å²) in [6.07, 6.45) is 6.25. The molecule has 1 aliphatic heterocycles. The van der Waals surface area contributed by atoms with E-state index in [2.05, 4.69) is 13.8 Å². The van der Waals surface area contributed by atoms with E-state index in [4.69, 9.17) is 4.74 Å². The van der Waals surface area contributed by atoms with Crippen molar-refractivity contribution >= 4 is 17.9 Å². The molecule has 0 aromatic heterocycles. The number of hydrogen-bond donors (Lipinski definition) is 0. The van der Waals surface area contributed by atoms with Crippen LogP contribution in [0.1, 0.15) is 69.4 Å². The Bertz CT molecular complexity index is 965. The van der Waals surface area contributed by atoms with Crippen LogP contribution in [0.2, 0.25) is 0 Å². The third-order valence-corrected chi connectivity index (χ3v) is 7.25. The van der Waals surface area contributed by atoms with Crippen LogP contribution in [0.4, 0.5) is 4.79 Å². The summed E-state index contributed by atoms with van der Waals surface area (Å²) < 4.78 is 5.12. The minimum atomic E-state index is -0.853. The van der Waals surface area contributed by atoms with E-state index in [1.54, 1.807) is 9.80 Å². The molecule has 1 fully saturated rings. The summed E-state index contributed by atoms with van der Waals surface area (Å²) in [7, 11) is 1.33. The van der Waals surface area contributed by atoms with Gasteiger partial charge in [0.2, 0.25) is 5.91 Å². The molecule has 7 nitrogen and oxygen atoms in total. The number of methoxy groups -OCH3 is 1. The van der Waals surface area contributed by atoms with Gasteiger partial charge in [0.25, 0.3) is 0 Å². The summed E-state index contributed by atoms with van der Waals surface area (Å²) in [6.45, 7) is 6.51. The molecule has 1 heterocycles. The molecule has 0 spiro atoms. The van der Waals surface area contributed by atoms with Crippen LogP contribution in [0, 0.1) is 0 Å². The Balaban J connectivity index is 1.83. The van der Waals surface area contributed by atoms with Crippen molar-refractivity contribution < 1.29 is 19.1 Å². The second-order valence-electron chi connectivity index (χ2n) is 9.95. The predicted octanol–water partition coefficient (Wildman–Crippen LogP) is 5.31. The van der Waals surface area contributed by atoms with Gasteiger partial charge in [0.05, 0.1) is 19.6 Å². The fourth-order valence-electron chi connectivity index (χ4n) is 5.10. The van der Waals surface area contributed by atoms with Gasteiger partial charge in [0.1, 0.15) is 6.04 Å². The smallest absolute Gasteiger partial charge is 0.330 e. The number of piperazine rings is 1. The number of unbranched alkanes of at least 4 members (excludes halogenated alkanes) is 4. The van der Waals surface area contributed by atoms with Gasteiger partial charge in [-0.3, -0.25) is 4.79 Å². The summed E-state index contributed by atoms with van der Waals surface area (Å²) in [5.74, 6) is -1.21. The molecule has 0 N–H and O–H groups in total. The number of benzene rings is 2. The molecule has 0 bridgehead atoms. The Kier molecular flexibility index (Phi) is 11.7. The van der Waals surface area contributed by atoms with E-state index in [0.29, 0.717) is 19.6 Å². The van der Waals surface area contributed by atoms with E-state index in [9.17, 15) is 14.4 Å². The van der Waals surface area contributed by atoms with Crippen molar-refractivity contribution in [1.29, 1.82) is 0 Å². The van der Waals surface area contributed by atoms with Crippen molar-refractivity contribution in [2.45, 2.75) is 64.3 Å². The zero-order chi connectivity index (χ0) is 27.3. The van der Waals surface area contributed by atoms with E-state index in [0.717, 1.165) is 49.7 Å². The zero-order valence-corrected chi connectivity index (χ0v) is 23.2. The molecule has 206 valence electrons. The summed E-state index contributed by atoms with van der Waals surface area (Å²) in [5, 5.41) is 0. The molecule has 1 aliphatic rings. The van der Waals surface area contributed by atoms with Gasteiger partial charge in [-0.2, -0.15) is 0 Å². The highest BCUT2D eigenvalue weighted by Gasteiger charge is 2.41. The molecular formula is C31H43N3O4. The highest BCUT2D eigenvalue weighted by molar-refractivity contribution is 5.92. The monoisotopic (exact) mass is 521 g/mol.